The van der Waals surface area contributed by atoms with Crippen LogP contribution in [0.4, 0.5) is 5.69 Å². The van der Waals surface area contributed by atoms with Crippen molar-refractivity contribution in [2.24, 2.45) is 10.7 Å². The quantitative estimate of drug-likeness (QED) is 0.417. The van der Waals surface area contributed by atoms with Gasteiger partial charge in [0.2, 0.25) is 0 Å². The Morgan fingerprint density at radius 2 is 1.86 bits per heavy atom. The Morgan fingerprint density at radius 3 is 2.43 bits per heavy atom. The molecule has 0 atom stereocenters. The fourth-order valence-corrected chi connectivity index (χ4v) is 2.05. The van der Waals surface area contributed by atoms with Crippen LogP contribution in [-0.4, -0.2) is 44.1 Å². The number of hydrogen-bond acceptors (Lipinski definition) is 3. The van der Waals surface area contributed by atoms with Crippen LogP contribution in [-0.2, 0) is 0 Å². The van der Waals surface area contributed by atoms with Crippen molar-refractivity contribution in [2.75, 3.05) is 38.6 Å². The summed E-state index contributed by atoms with van der Waals surface area (Å²) >= 11 is 0. The third kappa shape index (κ3) is 6.99. The van der Waals surface area contributed by atoms with Crippen molar-refractivity contribution < 1.29 is 4.74 Å². The van der Waals surface area contributed by atoms with Gasteiger partial charge in [0, 0.05) is 12.2 Å². The smallest absolute Gasteiger partial charge is 0.193 e. The van der Waals surface area contributed by atoms with E-state index in [1.165, 1.54) is 0 Å². The van der Waals surface area contributed by atoms with Crippen LogP contribution in [0.1, 0.15) is 26.7 Å². The lowest BCUT2D eigenvalue weighted by molar-refractivity contribution is 0.298. The highest BCUT2D eigenvalue weighted by Crippen LogP contribution is 2.14. The van der Waals surface area contributed by atoms with Gasteiger partial charge in [-0.15, -0.1) is 0 Å². The van der Waals surface area contributed by atoms with E-state index in [9.17, 15) is 0 Å². The molecule has 0 spiro atoms. The minimum atomic E-state index is 0.461. The maximum Gasteiger partial charge on any atom is 0.193 e. The molecule has 21 heavy (non-hydrogen) atoms. The Kier molecular flexibility index (Phi) is 8.28. The van der Waals surface area contributed by atoms with Crippen molar-refractivity contribution in [2.45, 2.75) is 26.7 Å². The lowest BCUT2D eigenvalue weighted by atomic mass is 10.3. The lowest BCUT2D eigenvalue weighted by Gasteiger charge is -2.17. The summed E-state index contributed by atoms with van der Waals surface area (Å²) in [6.45, 7) is 8.50. The molecule has 0 aromatic heterocycles. The molecule has 0 unspecified atom stereocenters. The number of nitrogens with two attached hydrogens (primary N) is 1. The minimum absolute atomic E-state index is 0.461. The SMILES string of the molecule is CCN(CC)CCCCN=C(N)Nc1ccc(OC)cc1. The van der Waals surface area contributed by atoms with E-state index >= 15 is 0 Å². The Morgan fingerprint density at radius 1 is 1.19 bits per heavy atom. The largest absolute Gasteiger partial charge is 0.497 e. The second-order valence-corrected chi connectivity index (χ2v) is 4.85. The summed E-state index contributed by atoms with van der Waals surface area (Å²) in [5, 5.41) is 3.08. The van der Waals surface area contributed by atoms with Crippen LogP contribution in [0.2, 0.25) is 0 Å². The number of methoxy groups -OCH3 is 1. The van der Waals surface area contributed by atoms with Crippen LogP contribution in [0.3, 0.4) is 0 Å². The normalized spacial score (nSPS) is 11.7. The van der Waals surface area contributed by atoms with Gasteiger partial charge in [-0.25, -0.2) is 0 Å². The van der Waals surface area contributed by atoms with E-state index < -0.39 is 0 Å². The summed E-state index contributed by atoms with van der Waals surface area (Å²) in [5.74, 6) is 1.29. The Bertz CT molecular complexity index is 413. The van der Waals surface area contributed by atoms with E-state index in [-0.39, 0.29) is 0 Å². The van der Waals surface area contributed by atoms with Crippen molar-refractivity contribution in [3.05, 3.63) is 24.3 Å². The van der Waals surface area contributed by atoms with Gasteiger partial charge in [-0.2, -0.15) is 0 Å². The fourth-order valence-electron chi connectivity index (χ4n) is 2.05. The van der Waals surface area contributed by atoms with Gasteiger partial charge < -0.3 is 20.7 Å². The predicted octanol–water partition coefficient (Wildman–Crippen LogP) is 2.54. The van der Waals surface area contributed by atoms with E-state index in [0.717, 1.165) is 50.5 Å². The number of anilines is 1. The van der Waals surface area contributed by atoms with Crippen LogP contribution >= 0.6 is 0 Å². The molecule has 0 aliphatic heterocycles. The van der Waals surface area contributed by atoms with Crippen molar-refractivity contribution in [1.29, 1.82) is 0 Å². The molecule has 118 valence electrons. The second kappa shape index (κ2) is 10.0. The molecule has 0 heterocycles. The number of nitrogens with zero attached hydrogens (tertiary/aromatic N) is 2. The van der Waals surface area contributed by atoms with Crippen LogP contribution in [0, 0.1) is 0 Å². The summed E-state index contributed by atoms with van der Waals surface area (Å²) in [5.41, 5.74) is 6.78. The number of unbranched alkanes of at least 4 members (excludes halogenated alkanes) is 1. The van der Waals surface area contributed by atoms with Gasteiger partial charge >= 0.3 is 0 Å². The van der Waals surface area contributed by atoms with Crippen LogP contribution in [0.5, 0.6) is 5.75 Å². The third-order valence-corrected chi connectivity index (χ3v) is 3.42. The topological polar surface area (TPSA) is 62.9 Å². The van der Waals surface area contributed by atoms with Gasteiger partial charge in [0.05, 0.1) is 7.11 Å². The minimum Gasteiger partial charge on any atom is -0.497 e. The molecule has 5 heteroatoms. The number of benzene rings is 1. The molecule has 0 fully saturated rings. The lowest BCUT2D eigenvalue weighted by Crippen LogP contribution is -2.24. The Hall–Kier alpha value is -1.75. The monoisotopic (exact) mass is 292 g/mol. The van der Waals surface area contributed by atoms with Crippen LogP contribution in [0.25, 0.3) is 0 Å². The summed E-state index contributed by atoms with van der Waals surface area (Å²) in [7, 11) is 1.65. The molecule has 0 saturated carbocycles. The molecule has 0 bridgehead atoms. The van der Waals surface area contributed by atoms with E-state index in [0.29, 0.717) is 5.96 Å². The zero-order chi connectivity index (χ0) is 15.5. The zero-order valence-electron chi connectivity index (χ0n) is 13.4. The summed E-state index contributed by atoms with van der Waals surface area (Å²) in [6.07, 6.45) is 2.21. The number of nitrogens with one attached hydrogen (secondary N) is 1. The summed E-state index contributed by atoms with van der Waals surface area (Å²) in [4.78, 5) is 6.76. The molecule has 0 saturated heterocycles. The second-order valence-electron chi connectivity index (χ2n) is 4.85. The summed E-state index contributed by atoms with van der Waals surface area (Å²) < 4.78 is 5.11. The van der Waals surface area contributed by atoms with Crippen molar-refractivity contribution in [3.8, 4) is 5.75 Å². The average Bonchev–Trinajstić information content (AvgIpc) is 2.51. The molecule has 0 aliphatic rings. The van der Waals surface area contributed by atoms with E-state index in [2.05, 4.69) is 29.1 Å². The van der Waals surface area contributed by atoms with Gasteiger partial charge in [0.1, 0.15) is 5.75 Å². The average molecular weight is 292 g/mol. The number of hydrogen-bond donors (Lipinski definition) is 2. The first kappa shape index (κ1) is 17.3. The molecule has 5 nitrogen and oxygen atoms in total. The fraction of sp³-hybridized carbons (Fsp3) is 0.562. The van der Waals surface area contributed by atoms with Crippen molar-refractivity contribution >= 4 is 11.6 Å². The maximum atomic E-state index is 5.87. The highest BCUT2D eigenvalue weighted by atomic mass is 16.5. The molecule has 3 N–H and O–H groups in total. The Labute approximate surface area is 128 Å². The van der Waals surface area contributed by atoms with Gasteiger partial charge in [0.15, 0.2) is 5.96 Å². The molecule has 0 radical (unpaired) electrons. The number of ether oxygens (including phenoxy) is 1. The van der Waals surface area contributed by atoms with E-state index in [1.807, 2.05) is 24.3 Å². The summed E-state index contributed by atoms with van der Waals surface area (Å²) in [6, 6.07) is 7.61. The van der Waals surface area contributed by atoms with Gasteiger partial charge in [-0.05, 0) is 56.7 Å². The number of guanidine groups is 1. The molecular formula is C16H28N4O. The molecule has 1 aromatic carbocycles. The first-order valence-electron chi connectivity index (χ1n) is 7.63. The molecule has 0 aliphatic carbocycles. The van der Waals surface area contributed by atoms with Crippen LogP contribution < -0.4 is 15.8 Å². The van der Waals surface area contributed by atoms with Crippen molar-refractivity contribution in [1.82, 2.24) is 4.90 Å². The molecule has 1 aromatic rings. The highest BCUT2D eigenvalue weighted by molar-refractivity contribution is 5.92. The first-order chi connectivity index (χ1) is 10.2. The van der Waals surface area contributed by atoms with Gasteiger partial charge in [-0.3, -0.25) is 4.99 Å². The van der Waals surface area contributed by atoms with Gasteiger partial charge in [0.25, 0.3) is 0 Å². The number of rotatable bonds is 9. The van der Waals surface area contributed by atoms with Crippen LogP contribution in [0.15, 0.2) is 29.3 Å². The first-order valence-corrected chi connectivity index (χ1v) is 7.63. The molecular weight excluding hydrogens is 264 g/mol. The van der Waals surface area contributed by atoms with E-state index in [4.69, 9.17) is 10.5 Å². The standard InChI is InChI=1S/C16H28N4O/c1-4-20(5-2)13-7-6-12-18-16(17)19-14-8-10-15(21-3)11-9-14/h8-11H,4-7,12-13H2,1-3H3,(H3,17,18,19). The van der Waals surface area contributed by atoms with E-state index in [1.54, 1.807) is 7.11 Å². The number of aliphatic imine (C=N–C) groups is 1. The molecule has 1 rings (SSSR count). The third-order valence-electron chi connectivity index (χ3n) is 3.42. The maximum absolute atomic E-state index is 5.87. The Balaban J connectivity index is 2.26. The zero-order valence-corrected chi connectivity index (χ0v) is 13.4. The molecule has 0 amide bonds. The van der Waals surface area contributed by atoms with Gasteiger partial charge in [-0.1, -0.05) is 13.8 Å². The predicted molar refractivity (Wildman–Crippen MR) is 90.1 cm³/mol. The van der Waals surface area contributed by atoms with Crippen molar-refractivity contribution in [3.63, 3.8) is 0 Å². The highest BCUT2D eigenvalue weighted by Gasteiger charge is 1.98.